The Morgan fingerprint density at radius 1 is 1.06 bits per heavy atom. The molecule has 170 valence electrons. The Labute approximate surface area is 203 Å². The van der Waals surface area contributed by atoms with Gasteiger partial charge in [-0.05, 0) is 50.8 Å². The molecule has 1 aromatic carbocycles. The molecule has 1 saturated heterocycles. The number of nitrogens with zero attached hydrogens (tertiary/aromatic N) is 6. The van der Waals surface area contributed by atoms with E-state index >= 15 is 0 Å². The third-order valence-electron chi connectivity index (χ3n) is 6.53. The molecule has 8 heteroatoms. The average molecular weight is 537 g/mol. The van der Waals surface area contributed by atoms with Crippen molar-refractivity contribution < 1.29 is 0 Å². The third-order valence-corrected chi connectivity index (χ3v) is 6.53. The van der Waals surface area contributed by atoms with Gasteiger partial charge < -0.3 is 19.7 Å². The highest BCUT2D eigenvalue weighted by atomic mass is 127. The van der Waals surface area contributed by atoms with Crippen LogP contribution in [0.4, 0.5) is 5.69 Å². The van der Waals surface area contributed by atoms with Gasteiger partial charge in [0, 0.05) is 45.0 Å². The maximum atomic E-state index is 4.97. The Bertz CT molecular complexity index is 893. The fourth-order valence-electron chi connectivity index (χ4n) is 4.44. The second-order valence-electron chi connectivity index (χ2n) is 8.75. The molecule has 31 heavy (non-hydrogen) atoms. The first-order valence-corrected chi connectivity index (χ1v) is 11.2. The highest BCUT2D eigenvalue weighted by Crippen LogP contribution is 2.23. The maximum absolute atomic E-state index is 4.97. The second-order valence-corrected chi connectivity index (χ2v) is 8.75. The van der Waals surface area contributed by atoms with Crippen LogP contribution in [0.2, 0.25) is 0 Å². The fourth-order valence-corrected chi connectivity index (χ4v) is 4.44. The van der Waals surface area contributed by atoms with Gasteiger partial charge in [-0.15, -0.1) is 34.2 Å². The molecule has 1 N–H and O–H groups in total. The van der Waals surface area contributed by atoms with E-state index in [4.69, 9.17) is 4.99 Å². The SMILES string of the molecule is Cc1ccc(C)c(N2CCN(C(=NCc3nnc(C)n3C)NC3CCCC3)CC2)c1.I. The summed E-state index contributed by atoms with van der Waals surface area (Å²) >= 11 is 0. The van der Waals surface area contributed by atoms with Gasteiger partial charge in [0.1, 0.15) is 12.4 Å². The van der Waals surface area contributed by atoms with E-state index in [2.05, 4.69) is 57.4 Å². The smallest absolute Gasteiger partial charge is 0.194 e. The molecular formula is C23H36IN7. The molecule has 0 amide bonds. The molecule has 2 heterocycles. The first-order chi connectivity index (χ1) is 14.5. The molecule has 1 aliphatic carbocycles. The van der Waals surface area contributed by atoms with Crippen molar-refractivity contribution >= 4 is 35.6 Å². The fraction of sp³-hybridized carbons (Fsp3) is 0.609. The Morgan fingerprint density at radius 2 is 1.77 bits per heavy atom. The first kappa shape index (κ1) is 23.8. The number of hydrogen-bond acceptors (Lipinski definition) is 4. The summed E-state index contributed by atoms with van der Waals surface area (Å²) < 4.78 is 2.02. The molecule has 7 nitrogen and oxygen atoms in total. The lowest BCUT2D eigenvalue weighted by molar-refractivity contribution is 0.365. The summed E-state index contributed by atoms with van der Waals surface area (Å²) in [4.78, 5) is 9.91. The van der Waals surface area contributed by atoms with Gasteiger partial charge in [0.25, 0.3) is 0 Å². The molecular weight excluding hydrogens is 501 g/mol. The normalized spacial score (nSPS) is 17.7. The van der Waals surface area contributed by atoms with Crippen molar-refractivity contribution in [1.82, 2.24) is 25.0 Å². The van der Waals surface area contributed by atoms with Crippen molar-refractivity contribution in [1.29, 1.82) is 0 Å². The van der Waals surface area contributed by atoms with Gasteiger partial charge in [-0.2, -0.15) is 0 Å². The summed E-state index contributed by atoms with van der Waals surface area (Å²) in [6.07, 6.45) is 5.11. The molecule has 1 saturated carbocycles. The largest absolute Gasteiger partial charge is 0.368 e. The Morgan fingerprint density at radius 3 is 2.42 bits per heavy atom. The van der Waals surface area contributed by atoms with Crippen LogP contribution in [0.5, 0.6) is 0 Å². The van der Waals surface area contributed by atoms with Gasteiger partial charge in [-0.3, -0.25) is 0 Å². The predicted octanol–water partition coefficient (Wildman–Crippen LogP) is 3.57. The highest BCUT2D eigenvalue weighted by Gasteiger charge is 2.24. The van der Waals surface area contributed by atoms with Crippen molar-refractivity contribution in [2.75, 3.05) is 31.1 Å². The molecule has 2 aliphatic rings. The zero-order valence-corrected chi connectivity index (χ0v) is 21.6. The van der Waals surface area contributed by atoms with Gasteiger partial charge in [-0.25, -0.2) is 4.99 Å². The highest BCUT2D eigenvalue weighted by molar-refractivity contribution is 14.0. The van der Waals surface area contributed by atoms with E-state index in [0.717, 1.165) is 43.8 Å². The summed E-state index contributed by atoms with van der Waals surface area (Å²) in [5.74, 6) is 2.86. The van der Waals surface area contributed by atoms with E-state index in [9.17, 15) is 0 Å². The summed E-state index contributed by atoms with van der Waals surface area (Å²) in [7, 11) is 2.01. The Hall–Kier alpha value is -1.84. The number of aromatic nitrogens is 3. The van der Waals surface area contributed by atoms with Crippen LogP contribution in [-0.4, -0.2) is 57.8 Å². The van der Waals surface area contributed by atoms with Crippen LogP contribution < -0.4 is 10.2 Å². The number of aryl methyl sites for hydroxylation is 3. The van der Waals surface area contributed by atoms with Crippen molar-refractivity contribution in [3.63, 3.8) is 0 Å². The quantitative estimate of drug-likeness (QED) is 0.367. The van der Waals surface area contributed by atoms with Crippen LogP contribution in [0.15, 0.2) is 23.2 Å². The number of guanidine groups is 1. The van der Waals surface area contributed by atoms with E-state index in [-0.39, 0.29) is 24.0 Å². The summed E-state index contributed by atoms with van der Waals surface area (Å²) in [5, 5.41) is 12.2. The number of nitrogens with one attached hydrogen (secondary N) is 1. The molecule has 2 fully saturated rings. The van der Waals surface area contributed by atoms with Crippen LogP contribution >= 0.6 is 24.0 Å². The van der Waals surface area contributed by atoms with E-state index in [1.165, 1.54) is 42.5 Å². The maximum Gasteiger partial charge on any atom is 0.194 e. The van der Waals surface area contributed by atoms with Crippen molar-refractivity contribution in [2.45, 2.75) is 59.0 Å². The Kier molecular flexibility index (Phi) is 8.18. The summed E-state index contributed by atoms with van der Waals surface area (Å²) in [6.45, 7) is 10.9. The number of hydrogen-bond donors (Lipinski definition) is 1. The van der Waals surface area contributed by atoms with Crippen LogP contribution in [0.1, 0.15) is 48.5 Å². The van der Waals surface area contributed by atoms with Crippen LogP contribution in [0, 0.1) is 20.8 Å². The minimum atomic E-state index is 0. The van der Waals surface area contributed by atoms with E-state index in [1.807, 2.05) is 18.5 Å². The number of piperazine rings is 1. The standard InChI is InChI=1S/C23H35N7.HI/c1-17-9-10-18(2)21(15-17)29-11-13-30(14-12-29)23(25-20-7-5-6-8-20)24-16-22-27-26-19(3)28(22)4;/h9-10,15,20H,5-8,11-14,16H2,1-4H3,(H,24,25);1H. The zero-order valence-electron chi connectivity index (χ0n) is 19.3. The van der Waals surface area contributed by atoms with E-state index in [1.54, 1.807) is 0 Å². The number of anilines is 1. The summed E-state index contributed by atoms with van der Waals surface area (Å²) in [6, 6.07) is 7.28. The average Bonchev–Trinajstić information content (AvgIpc) is 3.38. The molecule has 1 aliphatic heterocycles. The number of aliphatic imine (C=N–C) groups is 1. The molecule has 2 aromatic rings. The predicted molar refractivity (Wildman–Crippen MR) is 137 cm³/mol. The molecule has 4 rings (SSSR count). The van der Waals surface area contributed by atoms with Crippen LogP contribution in [0.25, 0.3) is 0 Å². The molecule has 1 aromatic heterocycles. The van der Waals surface area contributed by atoms with Gasteiger partial charge in [0.15, 0.2) is 11.8 Å². The van der Waals surface area contributed by atoms with Gasteiger partial charge in [0.2, 0.25) is 0 Å². The van der Waals surface area contributed by atoms with Crippen LogP contribution in [0.3, 0.4) is 0 Å². The third kappa shape index (κ3) is 5.70. The van der Waals surface area contributed by atoms with Crippen molar-refractivity contribution in [3.05, 3.63) is 41.0 Å². The molecule has 0 radical (unpaired) electrons. The lowest BCUT2D eigenvalue weighted by Crippen LogP contribution is -2.54. The lowest BCUT2D eigenvalue weighted by atomic mass is 10.1. The number of halogens is 1. The minimum Gasteiger partial charge on any atom is -0.368 e. The Balaban J connectivity index is 0.00000272. The van der Waals surface area contributed by atoms with E-state index < -0.39 is 0 Å². The molecule has 0 bridgehead atoms. The second kappa shape index (κ2) is 10.7. The lowest BCUT2D eigenvalue weighted by Gasteiger charge is -2.39. The first-order valence-electron chi connectivity index (χ1n) is 11.2. The van der Waals surface area contributed by atoms with Crippen molar-refractivity contribution in [3.8, 4) is 0 Å². The van der Waals surface area contributed by atoms with Crippen LogP contribution in [-0.2, 0) is 13.6 Å². The monoisotopic (exact) mass is 537 g/mol. The van der Waals surface area contributed by atoms with E-state index in [0.29, 0.717) is 12.6 Å². The number of rotatable bonds is 4. The molecule has 0 unspecified atom stereocenters. The summed E-state index contributed by atoms with van der Waals surface area (Å²) in [5.41, 5.74) is 4.04. The zero-order chi connectivity index (χ0) is 21.1. The van der Waals surface area contributed by atoms with Gasteiger partial charge in [0.05, 0.1) is 0 Å². The van der Waals surface area contributed by atoms with Gasteiger partial charge in [-0.1, -0.05) is 25.0 Å². The molecule has 0 atom stereocenters. The number of benzene rings is 1. The van der Waals surface area contributed by atoms with Crippen molar-refractivity contribution in [2.24, 2.45) is 12.0 Å². The molecule has 0 spiro atoms. The topological polar surface area (TPSA) is 61.6 Å². The minimum absolute atomic E-state index is 0. The van der Waals surface area contributed by atoms with Gasteiger partial charge >= 0.3 is 0 Å².